The molecule has 0 N–H and O–H groups in total. The van der Waals surface area contributed by atoms with Crippen molar-refractivity contribution in [2.45, 2.75) is 37.1 Å². The molecule has 1 atom stereocenters. The zero-order valence-corrected chi connectivity index (χ0v) is 22.8. The van der Waals surface area contributed by atoms with Crippen LogP contribution >= 0.6 is 46.3 Å². The lowest BCUT2D eigenvalue weighted by molar-refractivity contribution is 0.414. The number of aryl methyl sites for hydroxylation is 1. The van der Waals surface area contributed by atoms with Gasteiger partial charge in [-0.05, 0) is 72.7 Å². The van der Waals surface area contributed by atoms with Crippen LogP contribution in [0.5, 0.6) is 5.75 Å². The second-order valence-corrected chi connectivity index (χ2v) is 11.9. The summed E-state index contributed by atoms with van der Waals surface area (Å²) in [6, 6.07) is 13.1. The number of thioether (sulfide) groups is 1. The minimum absolute atomic E-state index is 0.0526. The molecule has 0 radical (unpaired) electrons. The van der Waals surface area contributed by atoms with Crippen LogP contribution in [0.4, 0.5) is 0 Å². The third-order valence-corrected chi connectivity index (χ3v) is 9.59. The van der Waals surface area contributed by atoms with E-state index in [-0.39, 0.29) is 5.56 Å². The number of hydrogen-bond donors (Lipinski definition) is 0. The summed E-state index contributed by atoms with van der Waals surface area (Å²) in [4.78, 5) is 16.2. The second-order valence-electron chi connectivity index (χ2n) is 9.03. The number of fused-ring (bicyclic) bond motifs is 5. The zero-order chi connectivity index (χ0) is 25.0. The molecule has 5 aromatic rings. The molecule has 184 valence electrons. The predicted molar refractivity (Wildman–Crippen MR) is 148 cm³/mol. The molecule has 1 aliphatic rings. The van der Waals surface area contributed by atoms with Crippen molar-refractivity contribution in [1.82, 2.24) is 19.2 Å². The Labute approximate surface area is 225 Å². The molecule has 1 aliphatic carbocycles. The topological polar surface area (TPSA) is 61.4 Å². The summed E-state index contributed by atoms with van der Waals surface area (Å²) < 4.78 is 9.03. The molecule has 2 aromatic carbocycles. The highest BCUT2D eigenvalue weighted by Crippen LogP contribution is 2.38. The van der Waals surface area contributed by atoms with Gasteiger partial charge in [0.15, 0.2) is 5.16 Å². The molecule has 0 spiro atoms. The molecule has 1 unspecified atom stereocenters. The van der Waals surface area contributed by atoms with E-state index in [1.165, 1.54) is 10.4 Å². The average Bonchev–Trinajstić information content (AvgIpc) is 3.46. The lowest BCUT2D eigenvalue weighted by atomic mass is 9.89. The number of methoxy groups -OCH3 is 1. The van der Waals surface area contributed by atoms with Crippen molar-refractivity contribution in [2.75, 3.05) is 7.11 Å². The fourth-order valence-electron chi connectivity index (χ4n) is 4.74. The highest BCUT2D eigenvalue weighted by Gasteiger charge is 2.27. The number of benzene rings is 2. The van der Waals surface area contributed by atoms with E-state index in [9.17, 15) is 4.79 Å². The summed E-state index contributed by atoms with van der Waals surface area (Å²) in [5.41, 5.74) is 2.88. The molecule has 0 saturated carbocycles. The highest BCUT2D eigenvalue weighted by molar-refractivity contribution is 7.98. The Hall–Kier alpha value is -2.52. The van der Waals surface area contributed by atoms with Gasteiger partial charge in [-0.1, -0.05) is 48.0 Å². The fourth-order valence-corrected chi connectivity index (χ4v) is 7.49. The summed E-state index contributed by atoms with van der Waals surface area (Å²) in [5.74, 6) is 2.48. The smallest absolute Gasteiger partial charge is 0.268 e. The van der Waals surface area contributed by atoms with Crippen LogP contribution in [0.15, 0.2) is 52.4 Å². The molecule has 10 heteroatoms. The van der Waals surface area contributed by atoms with Gasteiger partial charge in [0.05, 0.1) is 28.2 Å². The Kier molecular flexibility index (Phi) is 6.24. The predicted octanol–water partition coefficient (Wildman–Crippen LogP) is 6.83. The summed E-state index contributed by atoms with van der Waals surface area (Å²) in [6.45, 7) is 2.27. The van der Waals surface area contributed by atoms with Gasteiger partial charge in [0.2, 0.25) is 5.78 Å². The Morgan fingerprint density at radius 3 is 2.69 bits per heavy atom. The maximum Gasteiger partial charge on any atom is 0.268 e. The van der Waals surface area contributed by atoms with E-state index in [0.717, 1.165) is 51.6 Å². The van der Waals surface area contributed by atoms with Crippen molar-refractivity contribution >= 4 is 62.3 Å². The van der Waals surface area contributed by atoms with Gasteiger partial charge in [0.1, 0.15) is 10.6 Å². The number of ether oxygens (including phenoxy) is 1. The van der Waals surface area contributed by atoms with Gasteiger partial charge in [-0.2, -0.15) is 0 Å². The Balaban J connectivity index is 1.55. The first-order valence-corrected chi connectivity index (χ1v) is 14.2. The number of thiophene rings is 1. The van der Waals surface area contributed by atoms with E-state index in [1.807, 2.05) is 40.8 Å². The van der Waals surface area contributed by atoms with Gasteiger partial charge in [0, 0.05) is 10.6 Å². The molecular formula is C26H22Cl2N4O2S2. The van der Waals surface area contributed by atoms with Gasteiger partial charge in [-0.25, -0.2) is 8.97 Å². The van der Waals surface area contributed by atoms with E-state index >= 15 is 0 Å². The van der Waals surface area contributed by atoms with E-state index in [1.54, 1.807) is 40.8 Å². The van der Waals surface area contributed by atoms with Crippen LogP contribution in [0.25, 0.3) is 21.7 Å². The van der Waals surface area contributed by atoms with Crippen molar-refractivity contribution in [3.8, 4) is 11.4 Å². The SMILES string of the molecule is COc1ccc(-n2c(=O)c3c4c(sc3n3c(SCc5ccc(Cl)c(Cl)c5)nnc23)CC(C)CC4)cc1. The summed E-state index contributed by atoms with van der Waals surface area (Å²) >= 11 is 15.6. The lowest BCUT2D eigenvalue weighted by Crippen LogP contribution is -2.22. The van der Waals surface area contributed by atoms with Crippen LogP contribution in [-0.4, -0.2) is 26.3 Å². The molecule has 0 fully saturated rings. The van der Waals surface area contributed by atoms with Crippen molar-refractivity contribution in [3.63, 3.8) is 0 Å². The number of aromatic nitrogens is 4. The van der Waals surface area contributed by atoms with Gasteiger partial charge >= 0.3 is 0 Å². The molecule has 36 heavy (non-hydrogen) atoms. The highest BCUT2D eigenvalue weighted by atomic mass is 35.5. The van der Waals surface area contributed by atoms with Crippen molar-refractivity contribution in [1.29, 1.82) is 0 Å². The molecule has 3 aromatic heterocycles. The van der Waals surface area contributed by atoms with Gasteiger partial charge in [-0.15, -0.1) is 21.5 Å². The monoisotopic (exact) mass is 556 g/mol. The lowest BCUT2D eigenvalue weighted by Gasteiger charge is -2.17. The first-order chi connectivity index (χ1) is 17.4. The largest absolute Gasteiger partial charge is 0.497 e. The van der Waals surface area contributed by atoms with Crippen LogP contribution in [0, 0.1) is 5.92 Å². The Morgan fingerprint density at radius 2 is 1.94 bits per heavy atom. The summed E-state index contributed by atoms with van der Waals surface area (Å²) in [5, 5.41) is 11.6. The molecular weight excluding hydrogens is 535 g/mol. The molecule has 0 amide bonds. The molecule has 3 heterocycles. The first-order valence-electron chi connectivity index (χ1n) is 11.6. The van der Waals surface area contributed by atoms with Gasteiger partial charge in [0.25, 0.3) is 5.56 Å². The maximum absolute atomic E-state index is 14.0. The summed E-state index contributed by atoms with van der Waals surface area (Å²) in [6.07, 6.45) is 2.99. The van der Waals surface area contributed by atoms with Gasteiger partial charge in [-0.3, -0.25) is 4.79 Å². The van der Waals surface area contributed by atoms with Crippen LogP contribution < -0.4 is 10.3 Å². The Morgan fingerprint density at radius 1 is 1.14 bits per heavy atom. The van der Waals surface area contributed by atoms with Crippen molar-refractivity contribution in [2.24, 2.45) is 5.92 Å². The van der Waals surface area contributed by atoms with Crippen molar-refractivity contribution < 1.29 is 4.74 Å². The minimum atomic E-state index is -0.0526. The summed E-state index contributed by atoms with van der Waals surface area (Å²) in [7, 11) is 1.62. The van der Waals surface area contributed by atoms with Gasteiger partial charge < -0.3 is 4.74 Å². The van der Waals surface area contributed by atoms with Crippen LogP contribution in [0.1, 0.15) is 29.3 Å². The molecule has 0 bridgehead atoms. The number of halogens is 2. The van der Waals surface area contributed by atoms with E-state index in [4.69, 9.17) is 27.9 Å². The number of rotatable bonds is 5. The number of hydrogen-bond acceptors (Lipinski definition) is 6. The van der Waals surface area contributed by atoms with Crippen LogP contribution in [-0.2, 0) is 18.6 Å². The van der Waals surface area contributed by atoms with Crippen LogP contribution in [0.2, 0.25) is 10.0 Å². The maximum atomic E-state index is 14.0. The fraction of sp³-hybridized carbons (Fsp3) is 0.269. The molecule has 0 saturated heterocycles. The zero-order valence-electron chi connectivity index (χ0n) is 19.6. The quantitative estimate of drug-likeness (QED) is 0.222. The number of nitrogens with zero attached hydrogens (tertiary/aromatic N) is 4. The third kappa shape index (κ3) is 4.00. The standard InChI is InChI=1S/C26H22Cl2N4O2S2/c1-14-3-9-18-21(11-14)36-24-22(18)23(33)31(16-5-7-17(34-2)8-6-16)25-29-30-26(32(24)25)35-13-15-4-10-19(27)20(28)12-15/h4-8,10,12,14H,3,9,11,13H2,1-2H3. The van der Waals surface area contributed by atoms with Crippen molar-refractivity contribution in [3.05, 3.63) is 78.9 Å². The molecule has 6 nitrogen and oxygen atoms in total. The normalized spacial score (nSPS) is 15.5. The van der Waals surface area contributed by atoms with Crippen LogP contribution in [0.3, 0.4) is 0 Å². The van der Waals surface area contributed by atoms with E-state index in [0.29, 0.717) is 27.5 Å². The average molecular weight is 558 g/mol. The van der Waals surface area contributed by atoms with E-state index < -0.39 is 0 Å². The minimum Gasteiger partial charge on any atom is -0.497 e. The molecule has 0 aliphatic heterocycles. The Bertz CT molecular complexity index is 1670. The molecule has 6 rings (SSSR count). The second kappa shape index (κ2) is 9.41. The third-order valence-electron chi connectivity index (χ3n) is 6.61. The first kappa shape index (κ1) is 23.9. The van der Waals surface area contributed by atoms with E-state index in [2.05, 4.69) is 17.1 Å².